The molecule has 6 heteroatoms. The van der Waals surface area contributed by atoms with Crippen LogP contribution >= 0.6 is 0 Å². The van der Waals surface area contributed by atoms with E-state index in [9.17, 15) is 14.4 Å². The summed E-state index contributed by atoms with van der Waals surface area (Å²) in [7, 11) is 2.47. The number of hydrogen-bond donors (Lipinski definition) is 0. The lowest BCUT2D eigenvalue weighted by Crippen LogP contribution is -2.42. The Bertz CT molecular complexity index is 373. The van der Waals surface area contributed by atoms with Crippen molar-refractivity contribution in [1.29, 1.82) is 0 Å². The molecule has 0 saturated carbocycles. The molecule has 6 nitrogen and oxygen atoms in total. The molecular formula is C12H16O6. The van der Waals surface area contributed by atoms with Crippen molar-refractivity contribution >= 4 is 17.9 Å². The van der Waals surface area contributed by atoms with Crippen molar-refractivity contribution in [2.75, 3.05) is 14.2 Å². The first-order valence-electron chi connectivity index (χ1n) is 5.50. The van der Waals surface area contributed by atoms with Crippen molar-refractivity contribution in [3.8, 4) is 0 Å². The summed E-state index contributed by atoms with van der Waals surface area (Å²) in [6.07, 6.45) is 2.83. The average molecular weight is 256 g/mol. The van der Waals surface area contributed by atoms with Crippen LogP contribution in [0.5, 0.6) is 0 Å². The van der Waals surface area contributed by atoms with E-state index < -0.39 is 35.8 Å². The maximum absolute atomic E-state index is 11.7. The molecular weight excluding hydrogens is 240 g/mol. The number of allylic oxidation sites excluding steroid dienone is 1. The number of rotatable bonds is 3. The molecule has 0 aromatic rings. The molecule has 0 radical (unpaired) electrons. The van der Waals surface area contributed by atoms with Gasteiger partial charge >= 0.3 is 17.9 Å². The zero-order valence-electron chi connectivity index (χ0n) is 10.5. The molecule has 0 aliphatic heterocycles. The fourth-order valence-electron chi connectivity index (χ4n) is 1.99. The maximum Gasteiger partial charge on any atom is 0.313 e. The zero-order chi connectivity index (χ0) is 13.7. The van der Waals surface area contributed by atoms with Gasteiger partial charge in [-0.3, -0.25) is 14.4 Å². The molecule has 0 heterocycles. The first-order valence-corrected chi connectivity index (χ1v) is 5.50. The Morgan fingerprint density at radius 3 is 2.22 bits per heavy atom. The minimum Gasteiger partial charge on any atom is -0.469 e. The molecule has 0 fully saturated rings. The van der Waals surface area contributed by atoms with Crippen LogP contribution in [0, 0.1) is 11.8 Å². The van der Waals surface area contributed by atoms with E-state index in [0.29, 0.717) is 6.42 Å². The molecule has 0 saturated heterocycles. The van der Waals surface area contributed by atoms with Crippen LogP contribution in [0.2, 0.25) is 0 Å². The van der Waals surface area contributed by atoms with Crippen molar-refractivity contribution in [3.63, 3.8) is 0 Å². The fourth-order valence-corrected chi connectivity index (χ4v) is 1.99. The van der Waals surface area contributed by atoms with Gasteiger partial charge in [-0.2, -0.15) is 0 Å². The maximum atomic E-state index is 11.7. The largest absolute Gasteiger partial charge is 0.469 e. The topological polar surface area (TPSA) is 78.9 Å². The Morgan fingerprint density at radius 2 is 1.72 bits per heavy atom. The number of ether oxygens (including phenoxy) is 3. The number of methoxy groups -OCH3 is 2. The Labute approximate surface area is 105 Å². The second-order valence-electron chi connectivity index (χ2n) is 3.92. The normalized spacial score (nSPS) is 26.3. The number of carbonyl (C=O) groups excluding carboxylic acids is 3. The first kappa shape index (κ1) is 14.2. The van der Waals surface area contributed by atoms with Gasteiger partial charge in [-0.1, -0.05) is 6.08 Å². The van der Waals surface area contributed by atoms with Gasteiger partial charge in [0.15, 0.2) is 0 Å². The molecule has 0 N–H and O–H groups in total. The quantitative estimate of drug-likeness (QED) is 0.414. The fraction of sp³-hybridized carbons (Fsp3) is 0.583. The zero-order valence-corrected chi connectivity index (χ0v) is 10.5. The average Bonchev–Trinajstić information content (AvgIpc) is 2.36. The van der Waals surface area contributed by atoms with Crippen LogP contribution in [-0.4, -0.2) is 38.2 Å². The number of esters is 3. The third-order valence-corrected chi connectivity index (χ3v) is 2.78. The summed E-state index contributed by atoms with van der Waals surface area (Å²) < 4.78 is 14.3. The van der Waals surface area contributed by atoms with Crippen molar-refractivity contribution in [2.45, 2.75) is 19.4 Å². The van der Waals surface area contributed by atoms with Gasteiger partial charge in [0, 0.05) is 6.92 Å². The summed E-state index contributed by atoms with van der Waals surface area (Å²) in [4.78, 5) is 34.3. The van der Waals surface area contributed by atoms with Crippen LogP contribution in [0.25, 0.3) is 0 Å². The van der Waals surface area contributed by atoms with Crippen molar-refractivity contribution in [3.05, 3.63) is 12.2 Å². The van der Waals surface area contributed by atoms with E-state index in [1.54, 1.807) is 12.2 Å². The second-order valence-corrected chi connectivity index (χ2v) is 3.92. The van der Waals surface area contributed by atoms with E-state index >= 15 is 0 Å². The van der Waals surface area contributed by atoms with Gasteiger partial charge in [-0.15, -0.1) is 0 Å². The molecule has 0 aromatic carbocycles. The molecule has 18 heavy (non-hydrogen) atoms. The molecule has 0 bridgehead atoms. The van der Waals surface area contributed by atoms with E-state index in [4.69, 9.17) is 4.74 Å². The smallest absolute Gasteiger partial charge is 0.313 e. The molecule has 1 rings (SSSR count). The molecule has 0 unspecified atom stereocenters. The number of carbonyl (C=O) groups is 3. The second kappa shape index (κ2) is 6.18. The predicted molar refractivity (Wildman–Crippen MR) is 60.3 cm³/mol. The van der Waals surface area contributed by atoms with Crippen LogP contribution in [0.3, 0.4) is 0 Å². The van der Waals surface area contributed by atoms with Gasteiger partial charge in [-0.05, 0) is 12.5 Å². The highest BCUT2D eigenvalue weighted by Crippen LogP contribution is 2.30. The summed E-state index contributed by atoms with van der Waals surface area (Å²) in [6, 6.07) is 0. The Morgan fingerprint density at radius 1 is 1.11 bits per heavy atom. The standard InChI is InChI=1S/C12H16O6/c1-7(13)18-9-6-4-5-8(11(14)16-2)10(9)12(15)17-3/h4,6,8-10H,5H2,1-3H3/t8-,9-,10+/m1/s1. The van der Waals surface area contributed by atoms with Gasteiger partial charge in [0.2, 0.25) is 0 Å². The van der Waals surface area contributed by atoms with Gasteiger partial charge in [0.25, 0.3) is 0 Å². The molecule has 0 amide bonds. The van der Waals surface area contributed by atoms with Crippen LogP contribution < -0.4 is 0 Å². The lowest BCUT2D eigenvalue weighted by molar-refractivity contribution is -0.167. The highest BCUT2D eigenvalue weighted by Gasteiger charge is 2.43. The van der Waals surface area contributed by atoms with Crippen LogP contribution in [-0.2, 0) is 28.6 Å². The molecule has 0 spiro atoms. The Kier molecular flexibility index (Phi) is 4.88. The van der Waals surface area contributed by atoms with E-state index in [0.717, 1.165) is 0 Å². The monoisotopic (exact) mass is 256 g/mol. The van der Waals surface area contributed by atoms with Crippen molar-refractivity contribution < 1.29 is 28.6 Å². The van der Waals surface area contributed by atoms with E-state index in [2.05, 4.69) is 9.47 Å². The van der Waals surface area contributed by atoms with Crippen molar-refractivity contribution in [1.82, 2.24) is 0 Å². The van der Waals surface area contributed by atoms with Crippen LogP contribution in [0.15, 0.2) is 12.2 Å². The molecule has 1 aliphatic rings. The lowest BCUT2D eigenvalue weighted by atomic mass is 9.81. The molecule has 1 aliphatic carbocycles. The minimum absolute atomic E-state index is 0.351. The van der Waals surface area contributed by atoms with Gasteiger partial charge in [0.05, 0.1) is 20.1 Å². The van der Waals surface area contributed by atoms with E-state index in [1.807, 2.05) is 0 Å². The van der Waals surface area contributed by atoms with Gasteiger partial charge in [-0.25, -0.2) is 0 Å². The Balaban J connectivity index is 2.99. The molecule has 3 atom stereocenters. The first-order chi connectivity index (χ1) is 8.51. The summed E-state index contributed by atoms with van der Waals surface area (Å²) in [5.74, 6) is -3.20. The molecule has 100 valence electrons. The van der Waals surface area contributed by atoms with Crippen LogP contribution in [0.1, 0.15) is 13.3 Å². The highest BCUT2D eigenvalue weighted by atomic mass is 16.6. The third-order valence-electron chi connectivity index (χ3n) is 2.78. The summed E-state index contributed by atoms with van der Waals surface area (Å²) in [6.45, 7) is 1.24. The van der Waals surface area contributed by atoms with E-state index in [1.165, 1.54) is 21.1 Å². The Hall–Kier alpha value is -1.85. The van der Waals surface area contributed by atoms with Crippen LogP contribution in [0.4, 0.5) is 0 Å². The van der Waals surface area contributed by atoms with E-state index in [-0.39, 0.29) is 0 Å². The summed E-state index contributed by atoms with van der Waals surface area (Å²) in [5.41, 5.74) is 0. The number of hydrogen-bond acceptors (Lipinski definition) is 6. The SMILES string of the molecule is COC(=O)[C@@H]1[C@H](OC(C)=O)C=CC[C@H]1C(=O)OC. The van der Waals surface area contributed by atoms with Gasteiger partial charge in [0.1, 0.15) is 12.0 Å². The van der Waals surface area contributed by atoms with Crippen molar-refractivity contribution in [2.24, 2.45) is 11.8 Å². The summed E-state index contributed by atoms with van der Waals surface area (Å²) >= 11 is 0. The lowest BCUT2D eigenvalue weighted by Gasteiger charge is -2.30. The third kappa shape index (κ3) is 3.09. The summed E-state index contributed by atoms with van der Waals surface area (Å²) in [5, 5.41) is 0. The minimum atomic E-state index is -0.864. The van der Waals surface area contributed by atoms with Gasteiger partial charge < -0.3 is 14.2 Å². The highest BCUT2D eigenvalue weighted by molar-refractivity contribution is 5.83. The molecule has 0 aromatic heterocycles. The predicted octanol–water partition coefficient (Wildman–Crippen LogP) is 0.456.